The van der Waals surface area contributed by atoms with E-state index in [9.17, 15) is 23.7 Å². The summed E-state index contributed by atoms with van der Waals surface area (Å²) >= 11 is 0. The van der Waals surface area contributed by atoms with E-state index in [1.807, 2.05) is 69.3 Å². The zero-order valence-electron chi connectivity index (χ0n) is 26.4. The average molecular weight is 645 g/mol. The minimum atomic E-state index is -1.75. The first-order valence-electron chi connectivity index (χ1n) is 15.0. The van der Waals surface area contributed by atoms with Gasteiger partial charge in [0.1, 0.15) is 11.1 Å². The van der Waals surface area contributed by atoms with Crippen LogP contribution in [0.15, 0.2) is 96.0 Å². The molecule has 0 saturated carbocycles. The van der Waals surface area contributed by atoms with Crippen LogP contribution < -0.4 is 16.1 Å². The Kier molecular flexibility index (Phi) is 11.8. The number of fused-ring (bicyclic) bond motifs is 1. The van der Waals surface area contributed by atoms with Crippen LogP contribution in [0.2, 0.25) is 0 Å². The van der Waals surface area contributed by atoms with Crippen molar-refractivity contribution in [2.24, 2.45) is 0 Å². The molecule has 0 fully saturated rings. The van der Waals surface area contributed by atoms with Crippen molar-refractivity contribution >= 4 is 39.5 Å². The smallest absolute Gasteiger partial charge is 0.321 e. The van der Waals surface area contributed by atoms with E-state index in [4.69, 9.17) is 4.84 Å². The molecule has 1 unspecified atom stereocenters. The number of carbonyl (C=O) groups excluding carboxylic acids is 3. The summed E-state index contributed by atoms with van der Waals surface area (Å²) in [5.41, 5.74) is 4.54. The van der Waals surface area contributed by atoms with Crippen LogP contribution in [0.1, 0.15) is 49.2 Å². The highest BCUT2D eigenvalue weighted by atomic mass is 32.2. The number of benzene rings is 3. The average Bonchev–Trinajstić information content (AvgIpc) is 3.02. The number of aliphatic hydroxyl groups excluding tert-OH is 1. The summed E-state index contributed by atoms with van der Waals surface area (Å²) in [7, 11) is -1.75. The van der Waals surface area contributed by atoms with Crippen LogP contribution in [-0.4, -0.2) is 61.6 Å². The molecule has 0 aliphatic heterocycles. The van der Waals surface area contributed by atoms with Crippen molar-refractivity contribution < 1.29 is 28.5 Å². The van der Waals surface area contributed by atoms with Gasteiger partial charge in [0.2, 0.25) is 5.91 Å². The van der Waals surface area contributed by atoms with E-state index < -0.39 is 46.4 Å². The second kappa shape index (κ2) is 15.7. The fraction of sp³-hybridized carbons (Fsp3) is 0.314. The molecule has 46 heavy (non-hydrogen) atoms. The van der Waals surface area contributed by atoms with Crippen molar-refractivity contribution in [3.8, 4) is 0 Å². The number of aliphatic hydroxyl groups is 1. The van der Waals surface area contributed by atoms with Crippen molar-refractivity contribution in [3.05, 3.63) is 108 Å². The van der Waals surface area contributed by atoms with Crippen molar-refractivity contribution in [2.45, 2.75) is 69.3 Å². The van der Waals surface area contributed by atoms with E-state index in [1.54, 1.807) is 42.5 Å². The van der Waals surface area contributed by atoms with Gasteiger partial charge in [-0.25, -0.2) is 4.98 Å². The van der Waals surface area contributed by atoms with E-state index in [2.05, 4.69) is 21.1 Å². The molecular formula is C35H40N4O6S. The molecule has 0 radical (unpaired) electrons. The number of pyridine rings is 1. The molecule has 1 heterocycles. The van der Waals surface area contributed by atoms with E-state index in [1.165, 1.54) is 6.92 Å². The van der Waals surface area contributed by atoms with Gasteiger partial charge in [0.15, 0.2) is 0 Å². The predicted molar refractivity (Wildman–Crippen MR) is 177 cm³/mol. The summed E-state index contributed by atoms with van der Waals surface area (Å²) in [5.74, 6) is -1.84. The van der Waals surface area contributed by atoms with Gasteiger partial charge in [-0.15, -0.1) is 5.48 Å². The normalized spacial score (nSPS) is 14.1. The Morgan fingerprint density at radius 2 is 1.57 bits per heavy atom. The summed E-state index contributed by atoms with van der Waals surface area (Å²) in [6.45, 7) is 6.84. The van der Waals surface area contributed by atoms with Gasteiger partial charge in [-0.2, -0.15) is 0 Å². The van der Waals surface area contributed by atoms with Crippen LogP contribution in [0.5, 0.6) is 0 Å². The van der Waals surface area contributed by atoms with Crippen LogP contribution in [0, 0.1) is 0 Å². The zero-order valence-corrected chi connectivity index (χ0v) is 27.2. The first-order chi connectivity index (χ1) is 21.9. The predicted octanol–water partition coefficient (Wildman–Crippen LogP) is 3.64. The number of hydrogen-bond acceptors (Lipinski definition) is 8. The minimum Gasteiger partial charge on any atom is -0.391 e. The number of hydrogen-bond donors (Lipinski definition) is 4. The number of hydroxylamine groups is 1. The van der Waals surface area contributed by atoms with Crippen LogP contribution in [0.3, 0.4) is 0 Å². The van der Waals surface area contributed by atoms with Gasteiger partial charge in [0.25, 0.3) is 5.91 Å². The number of amides is 2. The molecular weight excluding hydrogens is 604 g/mol. The fourth-order valence-electron chi connectivity index (χ4n) is 4.86. The van der Waals surface area contributed by atoms with Gasteiger partial charge in [-0.1, -0.05) is 72.8 Å². The van der Waals surface area contributed by atoms with Crippen molar-refractivity contribution in [1.29, 1.82) is 0 Å². The van der Waals surface area contributed by atoms with Crippen LogP contribution in [0.4, 0.5) is 0 Å². The lowest BCUT2D eigenvalue weighted by atomic mass is 9.93. The molecule has 242 valence electrons. The third-order valence-electron chi connectivity index (χ3n) is 7.06. The van der Waals surface area contributed by atoms with Crippen LogP contribution in [-0.2, 0) is 38.1 Å². The lowest BCUT2D eigenvalue weighted by Gasteiger charge is -2.28. The molecule has 3 aromatic carbocycles. The third-order valence-corrected chi connectivity index (χ3v) is 8.39. The van der Waals surface area contributed by atoms with E-state index in [0.29, 0.717) is 16.6 Å². The molecule has 4 N–H and O–H groups in total. The van der Waals surface area contributed by atoms with E-state index >= 15 is 0 Å². The van der Waals surface area contributed by atoms with Gasteiger partial charge >= 0.3 is 5.97 Å². The Bertz CT molecular complexity index is 1690. The van der Waals surface area contributed by atoms with Gasteiger partial charge in [0, 0.05) is 29.8 Å². The SMILES string of the molecule is CC(=O)ON[C@H](CS(=O)c1ccc2ccccc2n1)C(=O)N[C@@H](Cc1ccccc1)[C@H](O)Cc1ccccc1C(=O)NC(C)(C)C. The molecule has 0 bridgehead atoms. The molecule has 4 aromatic rings. The molecule has 4 rings (SSSR count). The number of para-hydroxylation sites is 1. The first kappa shape index (κ1) is 34.4. The highest BCUT2D eigenvalue weighted by Crippen LogP contribution is 2.18. The van der Waals surface area contributed by atoms with Gasteiger partial charge < -0.3 is 20.6 Å². The molecule has 10 nitrogen and oxygen atoms in total. The zero-order chi connectivity index (χ0) is 33.3. The monoisotopic (exact) mass is 644 g/mol. The third kappa shape index (κ3) is 10.0. The summed E-state index contributed by atoms with van der Waals surface area (Å²) in [5, 5.41) is 18.5. The van der Waals surface area contributed by atoms with Gasteiger partial charge in [-0.3, -0.25) is 18.6 Å². The largest absolute Gasteiger partial charge is 0.391 e. The van der Waals surface area contributed by atoms with E-state index in [-0.39, 0.29) is 29.5 Å². The number of nitrogens with zero attached hydrogens (tertiary/aromatic N) is 1. The summed E-state index contributed by atoms with van der Waals surface area (Å²) in [6.07, 6.45) is -0.782. The Morgan fingerprint density at radius 1 is 0.891 bits per heavy atom. The number of aromatic nitrogens is 1. The molecule has 0 aliphatic carbocycles. The van der Waals surface area contributed by atoms with Gasteiger partial charge in [-0.05, 0) is 56.5 Å². The molecule has 4 atom stereocenters. The molecule has 1 aromatic heterocycles. The number of nitrogens with one attached hydrogen (secondary N) is 3. The van der Waals surface area contributed by atoms with Gasteiger partial charge in [0.05, 0.1) is 34.2 Å². The van der Waals surface area contributed by atoms with Crippen LogP contribution >= 0.6 is 0 Å². The van der Waals surface area contributed by atoms with E-state index in [0.717, 1.165) is 10.9 Å². The lowest BCUT2D eigenvalue weighted by molar-refractivity contribution is -0.151. The van der Waals surface area contributed by atoms with Crippen LogP contribution in [0.25, 0.3) is 10.9 Å². The van der Waals surface area contributed by atoms with Crippen molar-refractivity contribution in [1.82, 2.24) is 21.1 Å². The first-order valence-corrected chi connectivity index (χ1v) is 16.3. The number of rotatable bonds is 13. The van der Waals surface area contributed by atoms with Crippen molar-refractivity contribution in [2.75, 3.05) is 5.75 Å². The Labute approximate surface area is 271 Å². The minimum absolute atomic E-state index is 0.0699. The maximum Gasteiger partial charge on any atom is 0.321 e. The quantitative estimate of drug-likeness (QED) is 0.162. The Morgan fingerprint density at radius 3 is 2.28 bits per heavy atom. The highest BCUT2D eigenvalue weighted by molar-refractivity contribution is 7.85. The Hall–Kier alpha value is -4.45. The Balaban J connectivity index is 1.57. The second-order valence-electron chi connectivity index (χ2n) is 12.1. The standard InChI is InChI=1S/C35H40N4O6S/c1-23(40)45-39-30(22-46(44)32-19-18-25-14-9-11-17-28(25)36-32)34(43)37-29(20-24-12-6-5-7-13-24)31(41)21-26-15-8-10-16-27(26)33(42)38-35(2,3)4/h5-19,29-31,39,41H,20-22H2,1-4H3,(H,37,43)(H,38,42)/t29-,30+,31+,46?/m0/s1. The molecule has 0 spiro atoms. The summed E-state index contributed by atoms with van der Waals surface area (Å²) < 4.78 is 13.4. The van der Waals surface area contributed by atoms with Crippen molar-refractivity contribution in [3.63, 3.8) is 0 Å². The second-order valence-corrected chi connectivity index (χ2v) is 13.5. The summed E-state index contributed by atoms with van der Waals surface area (Å²) in [4.78, 5) is 47.9. The maximum absolute atomic E-state index is 13.7. The topological polar surface area (TPSA) is 147 Å². The maximum atomic E-state index is 13.7. The molecule has 2 amide bonds. The molecule has 11 heteroatoms. The lowest BCUT2D eigenvalue weighted by Crippen LogP contribution is -2.54. The highest BCUT2D eigenvalue weighted by Gasteiger charge is 2.30. The molecule has 0 aliphatic rings. The fourth-order valence-corrected chi connectivity index (χ4v) is 5.97. The summed E-state index contributed by atoms with van der Waals surface area (Å²) in [6, 6.07) is 25.1. The molecule has 0 saturated heterocycles. The number of carbonyl (C=O) groups is 3.